The van der Waals surface area contributed by atoms with Gasteiger partial charge in [-0.2, -0.15) is 0 Å². The minimum absolute atomic E-state index is 0. The second kappa shape index (κ2) is 5.62. The number of aromatic nitrogens is 1. The molecule has 3 rings (SSSR count). The molecule has 5 nitrogen and oxygen atoms in total. The first-order valence-electron chi connectivity index (χ1n) is 5.77. The Labute approximate surface area is 126 Å². The number of pyridine rings is 1. The van der Waals surface area contributed by atoms with Crippen LogP contribution in [0.1, 0.15) is 0 Å². The largest absolute Gasteiger partial charge is 2.00 e. The number of rotatable bonds is 2. The number of anilines is 2. The molecule has 0 bridgehead atoms. The molecule has 0 spiro atoms. The van der Waals surface area contributed by atoms with Crippen molar-refractivity contribution in [2.24, 2.45) is 0 Å². The van der Waals surface area contributed by atoms with Crippen molar-refractivity contribution in [2.75, 3.05) is 23.9 Å². The van der Waals surface area contributed by atoms with Gasteiger partial charge in [0.1, 0.15) is 11.6 Å². The molecule has 100 valence electrons. The van der Waals surface area contributed by atoms with E-state index in [-0.39, 0.29) is 19.8 Å². The molecular weight excluding hydrogens is 416 g/mol. The molecule has 0 saturated heterocycles. The summed E-state index contributed by atoms with van der Waals surface area (Å²) in [5.41, 5.74) is 0. The first-order chi connectivity index (χ1) is 8.72. The summed E-state index contributed by atoms with van der Waals surface area (Å²) in [6.45, 7) is 3.98. The summed E-state index contributed by atoms with van der Waals surface area (Å²) >= 11 is 0. The van der Waals surface area contributed by atoms with Gasteiger partial charge >= 0.3 is 19.8 Å². The van der Waals surface area contributed by atoms with E-state index in [1.54, 1.807) is 0 Å². The third-order valence-corrected chi connectivity index (χ3v) is 2.79. The predicted octanol–water partition coefficient (Wildman–Crippen LogP) is 1.76. The Hall–Kier alpha value is -1.53. The summed E-state index contributed by atoms with van der Waals surface area (Å²) in [5.74, 6) is 1.81. The summed E-state index contributed by atoms with van der Waals surface area (Å²) in [4.78, 5) is 12.6. The average Bonchev–Trinajstić information content (AvgIpc) is 2.98. The number of hydrogen-bond donors (Lipinski definition) is 0. The molecule has 2 aliphatic rings. The Morgan fingerprint density at radius 1 is 0.842 bits per heavy atom. The van der Waals surface area contributed by atoms with E-state index in [0.717, 1.165) is 11.6 Å². The third-order valence-electron chi connectivity index (χ3n) is 2.79. The molecule has 1 aromatic rings. The zero-order valence-electron chi connectivity index (χ0n) is 10.8. The predicted molar refractivity (Wildman–Crippen MR) is 71.6 cm³/mol. The number of hydrogen-bond acceptors (Lipinski definition) is 5. The van der Waals surface area contributed by atoms with Crippen molar-refractivity contribution >= 4 is 11.6 Å². The van der Waals surface area contributed by atoms with Crippen molar-refractivity contribution < 1.29 is 19.8 Å². The van der Waals surface area contributed by atoms with Crippen LogP contribution in [0.25, 0.3) is 0 Å². The molecule has 2 aliphatic heterocycles. The van der Waals surface area contributed by atoms with Crippen molar-refractivity contribution in [1.82, 2.24) is 14.8 Å². The van der Waals surface area contributed by atoms with E-state index in [4.69, 9.17) is 0 Å². The zero-order chi connectivity index (χ0) is 12.5. The molecule has 0 aliphatic carbocycles. The molecule has 0 fully saturated rings. The van der Waals surface area contributed by atoms with E-state index < -0.39 is 0 Å². The van der Waals surface area contributed by atoms with Crippen LogP contribution in [-0.4, -0.2) is 28.9 Å². The maximum atomic E-state index is 4.64. The van der Waals surface area contributed by atoms with E-state index >= 15 is 0 Å². The topological polar surface area (TPSA) is 25.9 Å². The normalized spacial score (nSPS) is 17.4. The molecule has 0 amide bonds. The van der Waals surface area contributed by atoms with Gasteiger partial charge in [-0.1, -0.05) is 6.07 Å². The van der Waals surface area contributed by atoms with Crippen LogP contribution < -0.4 is 9.80 Å². The van der Waals surface area contributed by atoms with Crippen LogP contribution in [0.15, 0.2) is 43.0 Å². The van der Waals surface area contributed by atoms with E-state index in [9.17, 15) is 0 Å². The SMILES string of the molecule is CN1C=CN(c2cccc(N3C=CN(C)[CH-]3)n2)[CH-]1.[Os+2]. The first-order valence-corrected chi connectivity index (χ1v) is 5.77. The van der Waals surface area contributed by atoms with Crippen LogP contribution in [0.4, 0.5) is 11.6 Å². The summed E-state index contributed by atoms with van der Waals surface area (Å²) < 4.78 is 0. The summed E-state index contributed by atoms with van der Waals surface area (Å²) in [7, 11) is 3.98. The van der Waals surface area contributed by atoms with Crippen LogP contribution in [0.2, 0.25) is 0 Å². The Morgan fingerprint density at radius 2 is 1.32 bits per heavy atom. The van der Waals surface area contributed by atoms with Crippen LogP contribution in [0, 0.1) is 13.3 Å². The molecule has 0 N–H and O–H groups in total. The minimum Gasteiger partial charge on any atom is -0.510 e. The molecule has 0 radical (unpaired) electrons. The standard InChI is InChI=1S/C13H15N5.Os/c1-15-6-8-17(10-15)12-4-3-5-13(14-12)18-9-7-16(2)11-18;/h3-11H,1-2H3;/q-2;+2. The van der Waals surface area contributed by atoms with Crippen LogP contribution >= 0.6 is 0 Å². The van der Waals surface area contributed by atoms with Gasteiger partial charge in [-0.15, -0.1) is 13.3 Å². The molecule has 0 atom stereocenters. The van der Waals surface area contributed by atoms with E-state index in [1.165, 1.54) is 0 Å². The first kappa shape index (κ1) is 13.9. The van der Waals surface area contributed by atoms with Crippen LogP contribution in [0.5, 0.6) is 0 Å². The van der Waals surface area contributed by atoms with Gasteiger partial charge in [0.25, 0.3) is 0 Å². The van der Waals surface area contributed by atoms with Crippen LogP contribution in [0.3, 0.4) is 0 Å². The average molecular weight is 432 g/mol. The van der Waals surface area contributed by atoms with Gasteiger partial charge in [0.05, 0.1) is 0 Å². The van der Waals surface area contributed by atoms with Crippen molar-refractivity contribution in [3.8, 4) is 0 Å². The Bertz CT molecular complexity index is 460. The van der Waals surface area contributed by atoms with E-state index in [2.05, 4.69) is 4.98 Å². The molecule has 0 saturated carbocycles. The van der Waals surface area contributed by atoms with Gasteiger partial charge in [-0.3, -0.25) is 0 Å². The molecule has 0 aromatic carbocycles. The maximum absolute atomic E-state index is 4.64. The van der Waals surface area contributed by atoms with Gasteiger partial charge in [-0.25, -0.2) is 4.98 Å². The molecule has 3 heterocycles. The second-order valence-corrected chi connectivity index (χ2v) is 4.33. The van der Waals surface area contributed by atoms with Gasteiger partial charge < -0.3 is 19.6 Å². The van der Waals surface area contributed by atoms with Gasteiger partial charge in [0.2, 0.25) is 0 Å². The zero-order valence-corrected chi connectivity index (χ0v) is 13.3. The fraction of sp³-hybridized carbons (Fsp3) is 0.154. The Balaban J connectivity index is 0.00000133. The smallest absolute Gasteiger partial charge is 0.510 e. The summed E-state index contributed by atoms with van der Waals surface area (Å²) in [5, 5.41) is 0. The van der Waals surface area contributed by atoms with E-state index in [0.29, 0.717) is 0 Å². The maximum Gasteiger partial charge on any atom is 2.00 e. The van der Waals surface area contributed by atoms with E-state index in [1.807, 2.05) is 90.0 Å². The Kier molecular flexibility index (Phi) is 4.11. The van der Waals surface area contributed by atoms with Crippen LogP contribution in [-0.2, 0) is 19.8 Å². The monoisotopic (exact) mass is 433 g/mol. The van der Waals surface area contributed by atoms with Crippen molar-refractivity contribution in [2.45, 2.75) is 0 Å². The fourth-order valence-electron chi connectivity index (χ4n) is 1.87. The molecule has 19 heavy (non-hydrogen) atoms. The second-order valence-electron chi connectivity index (χ2n) is 4.33. The minimum atomic E-state index is 0. The van der Waals surface area contributed by atoms with Gasteiger partial charge in [-0.05, 0) is 51.0 Å². The molecular formula is C13H15N5Os. The van der Waals surface area contributed by atoms with Crippen molar-refractivity contribution in [3.05, 3.63) is 56.3 Å². The molecule has 1 aromatic heterocycles. The number of nitrogens with zero attached hydrogens (tertiary/aromatic N) is 5. The molecule has 0 unspecified atom stereocenters. The van der Waals surface area contributed by atoms with Gasteiger partial charge in [0.15, 0.2) is 0 Å². The summed E-state index contributed by atoms with van der Waals surface area (Å²) in [6, 6.07) is 6.00. The quantitative estimate of drug-likeness (QED) is 0.665. The van der Waals surface area contributed by atoms with Crippen molar-refractivity contribution in [1.29, 1.82) is 0 Å². The fourth-order valence-corrected chi connectivity index (χ4v) is 1.87. The van der Waals surface area contributed by atoms with Gasteiger partial charge in [0, 0.05) is 0 Å². The van der Waals surface area contributed by atoms with Crippen molar-refractivity contribution in [3.63, 3.8) is 0 Å². The summed E-state index contributed by atoms with van der Waals surface area (Å²) in [6.07, 6.45) is 7.96. The third kappa shape index (κ3) is 2.90. The Morgan fingerprint density at radius 3 is 1.68 bits per heavy atom. The molecule has 6 heteroatoms.